The molecular weight excluding hydrogens is 344 g/mol. The van der Waals surface area contributed by atoms with E-state index in [1.165, 1.54) is 0 Å². The maximum Gasteiger partial charge on any atom is 0.294 e. The molecule has 0 aliphatic heterocycles. The van der Waals surface area contributed by atoms with E-state index in [0.717, 1.165) is 0 Å². The standard InChI is InChI=1S/C8H12N4O12/c13-9(14)21-1-5-6(2-22-10(15)16)8(4-24-12(19)20)7(5)3-23-11(17)18/h5-8H,1-4H2. The zero-order valence-electron chi connectivity index (χ0n) is 11.8. The van der Waals surface area contributed by atoms with Crippen LogP contribution in [0.3, 0.4) is 0 Å². The van der Waals surface area contributed by atoms with Crippen LogP contribution in [0.1, 0.15) is 0 Å². The molecule has 16 nitrogen and oxygen atoms in total. The Morgan fingerprint density at radius 2 is 0.667 bits per heavy atom. The lowest BCUT2D eigenvalue weighted by Gasteiger charge is -2.50. The molecule has 0 atom stereocenters. The second-order valence-electron chi connectivity index (χ2n) is 4.73. The molecule has 0 saturated heterocycles. The van der Waals surface area contributed by atoms with E-state index in [2.05, 4.69) is 19.4 Å². The first-order valence-corrected chi connectivity index (χ1v) is 6.31. The number of hydrogen-bond acceptors (Lipinski definition) is 12. The summed E-state index contributed by atoms with van der Waals surface area (Å²) in [7, 11) is 0. The summed E-state index contributed by atoms with van der Waals surface area (Å²) in [5.41, 5.74) is 0. The molecule has 0 unspecified atom stereocenters. The molecule has 16 heteroatoms. The first kappa shape index (κ1) is 18.8. The Hall–Kier alpha value is -3.20. The van der Waals surface area contributed by atoms with Crippen LogP contribution in [0.4, 0.5) is 0 Å². The van der Waals surface area contributed by atoms with Crippen LogP contribution in [0.5, 0.6) is 0 Å². The second-order valence-corrected chi connectivity index (χ2v) is 4.73. The van der Waals surface area contributed by atoms with Gasteiger partial charge in [0.2, 0.25) is 0 Å². The molecule has 0 heterocycles. The van der Waals surface area contributed by atoms with Crippen LogP contribution >= 0.6 is 0 Å². The summed E-state index contributed by atoms with van der Waals surface area (Å²) in [6, 6.07) is 0. The Morgan fingerprint density at radius 3 is 0.792 bits per heavy atom. The van der Waals surface area contributed by atoms with Gasteiger partial charge in [0, 0.05) is 0 Å². The van der Waals surface area contributed by atoms with Gasteiger partial charge in [0.15, 0.2) is 0 Å². The van der Waals surface area contributed by atoms with Gasteiger partial charge in [0.05, 0.1) is 26.4 Å². The zero-order valence-corrected chi connectivity index (χ0v) is 11.8. The highest BCUT2D eigenvalue weighted by atomic mass is 17.0. The minimum atomic E-state index is -1.10. The minimum absolute atomic E-state index is 0.528. The summed E-state index contributed by atoms with van der Waals surface area (Å²) in [5.74, 6) is -3.13. The molecular formula is C8H12N4O12. The molecule has 0 aromatic rings. The molecule has 0 bridgehead atoms. The number of rotatable bonds is 12. The Morgan fingerprint density at radius 1 is 0.500 bits per heavy atom. The van der Waals surface area contributed by atoms with Crippen LogP contribution in [-0.2, 0) is 19.4 Å². The predicted octanol–water partition coefficient (Wildman–Crippen LogP) is -0.702. The van der Waals surface area contributed by atoms with Gasteiger partial charge in [0.1, 0.15) is 0 Å². The zero-order chi connectivity index (χ0) is 18.3. The van der Waals surface area contributed by atoms with Crippen molar-refractivity contribution in [3.63, 3.8) is 0 Å². The van der Waals surface area contributed by atoms with Crippen LogP contribution in [0, 0.1) is 64.1 Å². The van der Waals surface area contributed by atoms with E-state index >= 15 is 0 Å². The third kappa shape index (κ3) is 5.54. The molecule has 0 amide bonds. The van der Waals surface area contributed by atoms with Gasteiger partial charge in [-0.2, -0.15) is 0 Å². The van der Waals surface area contributed by atoms with E-state index in [9.17, 15) is 40.5 Å². The van der Waals surface area contributed by atoms with E-state index in [1.807, 2.05) is 0 Å². The van der Waals surface area contributed by atoms with Gasteiger partial charge in [-0.15, -0.1) is 40.5 Å². The molecule has 1 aliphatic carbocycles. The van der Waals surface area contributed by atoms with Crippen molar-refractivity contribution in [1.29, 1.82) is 0 Å². The summed E-state index contributed by atoms with van der Waals surface area (Å²) in [6.45, 7) is -2.11. The van der Waals surface area contributed by atoms with Crippen LogP contribution in [0.25, 0.3) is 0 Å². The average molecular weight is 356 g/mol. The topological polar surface area (TPSA) is 209 Å². The maximum absolute atomic E-state index is 10.3. The second kappa shape index (κ2) is 8.44. The van der Waals surface area contributed by atoms with Gasteiger partial charge in [0.25, 0.3) is 20.3 Å². The Labute approximate surface area is 131 Å². The van der Waals surface area contributed by atoms with Gasteiger partial charge >= 0.3 is 0 Å². The Kier molecular flexibility index (Phi) is 6.63. The molecule has 1 fully saturated rings. The third-order valence-electron chi connectivity index (χ3n) is 3.69. The van der Waals surface area contributed by atoms with E-state index in [-0.39, 0.29) is 0 Å². The van der Waals surface area contributed by atoms with Crippen LogP contribution < -0.4 is 0 Å². The minimum Gasteiger partial charge on any atom is -0.314 e. The quantitative estimate of drug-likeness (QED) is 0.314. The lowest BCUT2D eigenvalue weighted by Crippen LogP contribution is -2.55. The molecule has 0 aromatic carbocycles. The highest BCUT2D eigenvalue weighted by Gasteiger charge is 2.51. The van der Waals surface area contributed by atoms with Crippen LogP contribution in [-0.4, -0.2) is 46.8 Å². The highest BCUT2D eigenvalue weighted by molar-refractivity contribution is 4.96. The normalized spacial score (nSPS) is 25.0. The molecule has 0 radical (unpaired) electrons. The summed E-state index contributed by atoms with van der Waals surface area (Å²) in [6.07, 6.45) is 0. The lowest BCUT2D eigenvalue weighted by atomic mass is 9.57. The van der Waals surface area contributed by atoms with E-state index in [4.69, 9.17) is 0 Å². The molecule has 24 heavy (non-hydrogen) atoms. The molecule has 0 spiro atoms. The van der Waals surface area contributed by atoms with E-state index < -0.39 is 70.4 Å². The first-order valence-electron chi connectivity index (χ1n) is 6.31. The molecule has 136 valence electrons. The van der Waals surface area contributed by atoms with Gasteiger partial charge in [-0.1, -0.05) is 0 Å². The largest absolute Gasteiger partial charge is 0.314 e. The average Bonchev–Trinajstić information content (AvgIpc) is 2.43. The third-order valence-corrected chi connectivity index (χ3v) is 3.69. The number of hydrogen-bond donors (Lipinski definition) is 0. The molecule has 0 N–H and O–H groups in total. The fourth-order valence-electron chi connectivity index (χ4n) is 2.70. The van der Waals surface area contributed by atoms with Crippen molar-refractivity contribution in [2.75, 3.05) is 26.4 Å². The summed E-state index contributed by atoms with van der Waals surface area (Å²) >= 11 is 0. The highest BCUT2D eigenvalue weighted by Crippen LogP contribution is 2.47. The Balaban J connectivity index is 2.79. The molecule has 1 saturated carbocycles. The number of nitrogens with zero attached hydrogens (tertiary/aromatic N) is 4. The van der Waals surface area contributed by atoms with Crippen molar-refractivity contribution in [2.24, 2.45) is 23.7 Å². The Bertz CT molecular complexity index is 403. The lowest BCUT2D eigenvalue weighted by molar-refractivity contribution is -0.773. The monoisotopic (exact) mass is 356 g/mol. The summed E-state index contributed by atoms with van der Waals surface area (Å²) in [5, 5.41) is 36.7. The van der Waals surface area contributed by atoms with Crippen molar-refractivity contribution in [3.8, 4) is 0 Å². The van der Waals surface area contributed by atoms with Gasteiger partial charge in [-0.25, -0.2) is 0 Å². The fourth-order valence-corrected chi connectivity index (χ4v) is 2.70. The van der Waals surface area contributed by atoms with E-state index in [1.54, 1.807) is 0 Å². The van der Waals surface area contributed by atoms with Crippen molar-refractivity contribution in [3.05, 3.63) is 40.5 Å². The maximum atomic E-state index is 10.3. The van der Waals surface area contributed by atoms with E-state index in [0.29, 0.717) is 0 Å². The van der Waals surface area contributed by atoms with Crippen molar-refractivity contribution < 1.29 is 39.7 Å². The molecule has 1 aliphatic rings. The van der Waals surface area contributed by atoms with Crippen molar-refractivity contribution in [2.45, 2.75) is 0 Å². The van der Waals surface area contributed by atoms with Crippen LogP contribution in [0.2, 0.25) is 0 Å². The van der Waals surface area contributed by atoms with Gasteiger partial charge < -0.3 is 19.4 Å². The fraction of sp³-hybridized carbons (Fsp3) is 1.00. The molecule has 0 aromatic heterocycles. The smallest absolute Gasteiger partial charge is 0.294 e. The van der Waals surface area contributed by atoms with Crippen molar-refractivity contribution >= 4 is 0 Å². The van der Waals surface area contributed by atoms with Gasteiger partial charge in [-0.05, 0) is 23.7 Å². The SMILES string of the molecule is O=[N+]([O-])OCC1C(CO[N+](=O)[O-])C(CO[N+](=O)[O-])C1CO[N+](=O)[O-]. The molecule has 1 rings (SSSR count). The summed E-state index contributed by atoms with van der Waals surface area (Å²) in [4.78, 5) is 57.9. The van der Waals surface area contributed by atoms with Gasteiger partial charge in [-0.3, -0.25) is 0 Å². The van der Waals surface area contributed by atoms with Crippen LogP contribution in [0.15, 0.2) is 0 Å². The first-order chi connectivity index (χ1) is 11.2. The van der Waals surface area contributed by atoms with Crippen molar-refractivity contribution in [1.82, 2.24) is 0 Å². The summed E-state index contributed by atoms with van der Waals surface area (Å²) < 4.78 is 0. The predicted molar refractivity (Wildman–Crippen MR) is 65.7 cm³/mol.